The SMILES string of the molecule is O=[N+]([O-])c1cccc(Br)c1OC1CNCC1O. The average Bonchev–Trinajstić information content (AvgIpc) is 2.67. The molecule has 6 nitrogen and oxygen atoms in total. The highest BCUT2D eigenvalue weighted by atomic mass is 79.9. The number of rotatable bonds is 3. The molecule has 0 aromatic heterocycles. The summed E-state index contributed by atoms with van der Waals surface area (Å²) in [7, 11) is 0. The third-order valence-electron chi connectivity index (χ3n) is 2.54. The molecule has 1 saturated heterocycles. The van der Waals surface area contributed by atoms with Gasteiger partial charge in [0.25, 0.3) is 0 Å². The Morgan fingerprint density at radius 2 is 2.29 bits per heavy atom. The first kappa shape index (κ1) is 12.3. The summed E-state index contributed by atoms with van der Waals surface area (Å²) in [4.78, 5) is 10.4. The van der Waals surface area contributed by atoms with E-state index in [0.717, 1.165) is 0 Å². The summed E-state index contributed by atoms with van der Waals surface area (Å²) in [5.74, 6) is 0.158. The molecule has 0 bridgehead atoms. The van der Waals surface area contributed by atoms with Crippen LogP contribution in [0.15, 0.2) is 22.7 Å². The highest BCUT2D eigenvalue weighted by Gasteiger charge is 2.30. The van der Waals surface area contributed by atoms with Gasteiger partial charge >= 0.3 is 5.69 Å². The van der Waals surface area contributed by atoms with Crippen molar-refractivity contribution in [2.24, 2.45) is 0 Å². The molecule has 1 fully saturated rings. The minimum Gasteiger partial charge on any atom is -0.479 e. The fourth-order valence-corrected chi connectivity index (χ4v) is 2.12. The van der Waals surface area contributed by atoms with Gasteiger partial charge in [-0.05, 0) is 22.0 Å². The number of nitro benzene ring substituents is 1. The quantitative estimate of drug-likeness (QED) is 0.644. The van der Waals surface area contributed by atoms with Crippen LogP contribution in [0.25, 0.3) is 0 Å². The first-order valence-corrected chi connectivity index (χ1v) is 5.87. The number of para-hydroxylation sites is 1. The Morgan fingerprint density at radius 1 is 1.53 bits per heavy atom. The summed E-state index contributed by atoms with van der Waals surface area (Å²) in [5.41, 5.74) is -0.113. The molecule has 0 aliphatic carbocycles. The van der Waals surface area contributed by atoms with Crippen molar-refractivity contribution in [3.63, 3.8) is 0 Å². The molecule has 0 saturated carbocycles. The number of hydrogen-bond donors (Lipinski definition) is 2. The molecule has 1 aliphatic heterocycles. The van der Waals surface area contributed by atoms with Crippen LogP contribution in [0.5, 0.6) is 5.75 Å². The van der Waals surface area contributed by atoms with Gasteiger partial charge in [-0.2, -0.15) is 0 Å². The van der Waals surface area contributed by atoms with E-state index in [0.29, 0.717) is 17.6 Å². The molecule has 92 valence electrons. The van der Waals surface area contributed by atoms with Gasteiger partial charge in [-0.25, -0.2) is 0 Å². The number of ether oxygens (including phenoxy) is 1. The van der Waals surface area contributed by atoms with Crippen LogP contribution in [0.3, 0.4) is 0 Å². The van der Waals surface area contributed by atoms with Crippen LogP contribution in [-0.4, -0.2) is 35.3 Å². The number of halogens is 1. The van der Waals surface area contributed by atoms with Gasteiger partial charge in [0.2, 0.25) is 5.75 Å². The number of nitro groups is 1. The lowest BCUT2D eigenvalue weighted by molar-refractivity contribution is -0.386. The van der Waals surface area contributed by atoms with Crippen molar-refractivity contribution < 1.29 is 14.8 Å². The zero-order chi connectivity index (χ0) is 12.4. The number of nitrogens with zero attached hydrogens (tertiary/aromatic N) is 1. The van der Waals surface area contributed by atoms with E-state index < -0.39 is 17.1 Å². The summed E-state index contributed by atoms with van der Waals surface area (Å²) in [5, 5.41) is 23.4. The second kappa shape index (κ2) is 4.99. The van der Waals surface area contributed by atoms with Gasteiger partial charge in [0, 0.05) is 19.2 Å². The molecule has 0 radical (unpaired) electrons. The van der Waals surface area contributed by atoms with Gasteiger partial charge in [0.15, 0.2) is 0 Å². The molecule has 1 heterocycles. The first-order valence-electron chi connectivity index (χ1n) is 5.08. The van der Waals surface area contributed by atoms with E-state index in [4.69, 9.17) is 4.74 Å². The van der Waals surface area contributed by atoms with Crippen LogP contribution in [0.2, 0.25) is 0 Å². The summed E-state index contributed by atoms with van der Waals surface area (Å²) < 4.78 is 6.02. The molecule has 2 rings (SSSR count). The normalized spacial score (nSPS) is 23.6. The Kier molecular flexibility index (Phi) is 3.60. The molecular weight excluding hydrogens is 292 g/mol. The fourth-order valence-electron chi connectivity index (χ4n) is 1.67. The molecular formula is C10H11BrN2O4. The van der Waals surface area contributed by atoms with Crippen molar-refractivity contribution in [2.45, 2.75) is 12.2 Å². The summed E-state index contributed by atoms with van der Waals surface area (Å²) in [6, 6.07) is 4.60. The highest BCUT2D eigenvalue weighted by molar-refractivity contribution is 9.10. The van der Waals surface area contributed by atoms with Gasteiger partial charge in [-0.3, -0.25) is 10.1 Å². The van der Waals surface area contributed by atoms with E-state index in [1.807, 2.05) is 0 Å². The fraction of sp³-hybridized carbons (Fsp3) is 0.400. The van der Waals surface area contributed by atoms with E-state index in [1.165, 1.54) is 6.07 Å². The van der Waals surface area contributed by atoms with Crippen molar-refractivity contribution in [3.05, 3.63) is 32.8 Å². The molecule has 2 unspecified atom stereocenters. The lowest BCUT2D eigenvalue weighted by Gasteiger charge is -2.16. The summed E-state index contributed by atoms with van der Waals surface area (Å²) >= 11 is 3.21. The molecule has 0 amide bonds. The van der Waals surface area contributed by atoms with Crippen molar-refractivity contribution in [1.82, 2.24) is 5.32 Å². The molecule has 1 aromatic rings. The van der Waals surface area contributed by atoms with Crippen molar-refractivity contribution in [3.8, 4) is 5.75 Å². The number of aliphatic hydroxyl groups excluding tert-OH is 1. The standard InChI is InChI=1S/C10H11BrN2O4/c11-6-2-1-3-7(13(15)16)10(6)17-9-5-12-4-8(9)14/h1-3,8-9,12,14H,4-5H2. The average molecular weight is 303 g/mol. The van der Waals surface area contributed by atoms with Gasteiger partial charge in [-0.15, -0.1) is 0 Å². The van der Waals surface area contributed by atoms with Crippen LogP contribution < -0.4 is 10.1 Å². The zero-order valence-electron chi connectivity index (χ0n) is 8.80. The van der Waals surface area contributed by atoms with Gasteiger partial charge in [0.05, 0.1) is 9.40 Å². The van der Waals surface area contributed by atoms with Crippen LogP contribution in [-0.2, 0) is 0 Å². The van der Waals surface area contributed by atoms with E-state index in [-0.39, 0.29) is 11.4 Å². The Labute approximate surface area is 106 Å². The van der Waals surface area contributed by atoms with Crippen molar-refractivity contribution in [1.29, 1.82) is 0 Å². The minimum atomic E-state index is -0.651. The highest BCUT2D eigenvalue weighted by Crippen LogP contribution is 2.35. The van der Waals surface area contributed by atoms with E-state index in [9.17, 15) is 15.2 Å². The second-order valence-corrected chi connectivity index (χ2v) is 4.58. The van der Waals surface area contributed by atoms with Gasteiger partial charge in [0.1, 0.15) is 12.2 Å². The largest absolute Gasteiger partial charge is 0.479 e. The Balaban J connectivity index is 2.27. The van der Waals surface area contributed by atoms with Crippen LogP contribution >= 0.6 is 15.9 Å². The summed E-state index contributed by atoms with van der Waals surface area (Å²) in [6.45, 7) is 0.905. The molecule has 2 N–H and O–H groups in total. The number of hydrogen-bond acceptors (Lipinski definition) is 5. The Hall–Kier alpha value is -1.18. The van der Waals surface area contributed by atoms with Gasteiger partial charge < -0.3 is 15.2 Å². The third-order valence-corrected chi connectivity index (χ3v) is 3.16. The summed E-state index contributed by atoms with van der Waals surface area (Å²) in [6.07, 6.45) is -1.12. The Morgan fingerprint density at radius 3 is 2.88 bits per heavy atom. The van der Waals surface area contributed by atoms with Crippen LogP contribution in [0.1, 0.15) is 0 Å². The van der Waals surface area contributed by atoms with E-state index in [1.54, 1.807) is 12.1 Å². The number of β-amino-alcohol motifs (C(OH)–C–C–N with tert-alkyl or cyclic N) is 1. The molecule has 7 heteroatoms. The zero-order valence-corrected chi connectivity index (χ0v) is 10.4. The van der Waals surface area contributed by atoms with Crippen LogP contribution in [0.4, 0.5) is 5.69 Å². The van der Waals surface area contributed by atoms with Crippen LogP contribution in [0, 0.1) is 10.1 Å². The predicted molar refractivity (Wildman–Crippen MR) is 64.1 cm³/mol. The first-order chi connectivity index (χ1) is 8.09. The molecule has 0 spiro atoms. The van der Waals surface area contributed by atoms with Gasteiger partial charge in [-0.1, -0.05) is 6.07 Å². The number of aliphatic hydroxyl groups is 1. The van der Waals surface area contributed by atoms with E-state index in [2.05, 4.69) is 21.2 Å². The van der Waals surface area contributed by atoms with E-state index >= 15 is 0 Å². The monoisotopic (exact) mass is 302 g/mol. The number of nitrogens with one attached hydrogen (secondary N) is 1. The predicted octanol–water partition coefficient (Wildman–Crippen LogP) is 1.07. The lowest BCUT2D eigenvalue weighted by Crippen LogP contribution is -2.30. The van der Waals surface area contributed by atoms with Crippen molar-refractivity contribution in [2.75, 3.05) is 13.1 Å². The molecule has 1 aliphatic rings. The third kappa shape index (κ3) is 2.56. The number of benzene rings is 1. The molecule has 17 heavy (non-hydrogen) atoms. The second-order valence-electron chi connectivity index (χ2n) is 3.73. The maximum Gasteiger partial charge on any atom is 0.312 e. The topological polar surface area (TPSA) is 84.6 Å². The maximum atomic E-state index is 10.9. The maximum absolute atomic E-state index is 10.9. The molecule has 1 aromatic carbocycles. The smallest absolute Gasteiger partial charge is 0.312 e. The lowest BCUT2D eigenvalue weighted by atomic mass is 10.2. The minimum absolute atomic E-state index is 0.113. The molecule has 2 atom stereocenters. The van der Waals surface area contributed by atoms with Crippen molar-refractivity contribution >= 4 is 21.6 Å². The Bertz CT molecular complexity index is 440.